The Morgan fingerprint density at radius 2 is 1.71 bits per heavy atom. The smallest absolute Gasteiger partial charge is 0.282 e. The van der Waals surface area contributed by atoms with E-state index in [1.54, 1.807) is 15.7 Å². The zero-order valence-electron chi connectivity index (χ0n) is 16.7. The second-order valence-electron chi connectivity index (χ2n) is 7.72. The number of amides is 1. The first-order valence-corrected chi connectivity index (χ1v) is 11.7. The highest BCUT2D eigenvalue weighted by Crippen LogP contribution is 2.25. The maximum absolute atomic E-state index is 12.9. The van der Waals surface area contributed by atoms with E-state index < -0.39 is 10.2 Å². The molecule has 0 radical (unpaired) electrons. The van der Waals surface area contributed by atoms with E-state index >= 15 is 0 Å². The summed E-state index contributed by atoms with van der Waals surface area (Å²) in [7, 11) is -1.67. The molecule has 1 N–H and O–H groups in total. The zero-order valence-corrected chi connectivity index (χ0v) is 17.5. The Labute approximate surface area is 168 Å². The molecule has 2 fully saturated rings. The Morgan fingerprint density at radius 3 is 2.36 bits per heavy atom. The van der Waals surface area contributed by atoms with Gasteiger partial charge in [-0.05, 0) is 25.0 Å². The van der Waals surface area contributed by atoms with E-state index in [4.69, 9.17) is 0 Å². The van der Waals surface area contributed by atoms with E-state index in [-0.39, 0.29) is 11.9 Å². The lowest BCUT2D eigenvalue weighted by atomic mass is 9.96. The maximum Gasteiger partial charge on any atom is 0.282 e. The molecule has 8 heteroatoms. The van der Waals surface area contributed by atoms with Crippen molar-refractivity contribution in [3.8, 4) is 0 Å². The Bertz CT molecular complexity index is 727. The summed E-state index contributed by atoms with van der Waals surface area (Å²) in [6.45, 7) is 2.94. The third-order valence-corrected chi connectivity index (χ3v) is 7.87. The van der Waals surface area contributed by atoms with Gasteiger partial charge in [-0.15, -0.1) is 0 Å². The van der Waals surface area contributed by atoms with Gasteiger partial charge in [0.05, 0.1) is 0 Å². The molecule has 2 aliphatic rings. The van der Waals surface area contributed by atoms with Crippen molar-refractivity contribution in [2.45, 2.75) is 44.6 Å². The maximum atomic E-state index is 12.9. The van der Waals surface area contributed by atoms with Gasteiger partial charge >= 0.3 is 0 Å². The van der Waals surface area contributed by atoms with Crippen molar-refractivity contribution < 1.29 is 13.2 Å². The number of carbonyl (C=O) groups excluding carboxylic acids is 1. The summed E-state index contributed by atoms with van der Waals surface area (Å²) in [5.74, 6) is -0.0155. The molecule has 1 heterocycles. The number of nitrogens with zero attached hydrogens (tertiary/aromatic N) is 3. The summed E-state index contributed by atoms with van der Waals surface area (Å²) in [5.41, 5.74) is 0.800. The summed E-state index contributed by atoms with van der Waals surface area (Å²) in [4.78, 5) is 14.3. The molecular weight excluding hydrogens is 376 g/mol. The normalized spacial score (nSPS) is 20.4. The number of hydrogen-bond donors (Lipinski definition) is 1. The fourth-order valence-electron chi connectivity index (χ4n) is 4.00. The van der Waals surface area contributed by atoms with Crippen molar-refractivity contribution >= 4 is 21.8 Å². The van der Waals surface area contributed by atoms with E-state index in [0.29, 0.717) is 39.1 Å². The minimum Gasteiger partial charge on any atom is -0.326 e. The molecule has 1 aliphatic carbocycles. The van der Waals surface area contributed by atoms with Crippen molar-refractivity contribution in [2.24, 2.45) is 0 Å². The highest BCUT2D eigenvalue weighted by Gasteiger charge is 2.34. The van der Waals surface area contributed by atoms with Crippen LogP contribution in [0.15, 0.2) is 30.3 Å². The monoisotopic (exact) mass is 408 g/mol. The number of carbonyl (C=O) groups is 1. The molecule has 0 spiro atoms. The predicted octanol–water partition coefficient (Wildman–Crippen LogP) is 2.14. The van der Waals surface area contributed by atoms with Crippen LogP contribution in [0, 0.1) is 0 Å². The zero-order chi connectivity index (χ0) is 20.0. The minimum atomic E-state index is -3.40. The molecule has 0 bridgehead atoms. The van der Waals surface area contributed by atoms with E-state index in [0.717, 1.165) is 31.4 Å². The van der Waals surface area contributed by atoms with Crippen LogP contribution in [0.1, 0.15) is 38.5 Å². The Morgan fingerprint density at radius 1 is 1.07 bits per heavy atom. The molecule has 28 heavy (non-hydrogen) atoms. The van der Waals surface area contributed by atoms with Crippen LogP contribution in [0.2, 0.25) is 0 Å². The fourth-order valence-corrected chi connectivity index (χ4v) is 5.58. The quantitative estimate of drug-likeness (QED) is 0.750. The van der Waals surface area contributed by atoms with Gasteiger partial charge in [0.15, 0.2) is 0 Å². The molecule has 1 aliphatic heterocycles. The van der Waals surface area contributed by atoms with Gasteiger partial charge in [0.1, 0.15) is 0 Å². The standard InChI is InChI=1S/C20H32N4O3S/c1-22(19-10-6-3-7-11-19)28(26,27)24-16-14-23(15-17-24)13-12-20(25)21-18-8-4-2-5-9-18/h2,4-5,8-9,19H,3,6-7,10-17H2,1H3,(H,21,25). The molecule has 156 valence electrons. The number of rotatable bonds is 7. The van der Waals surface area contributed by atoms with Crippen molar-refractivity contribution in [1.29, 1.82) is 0 Å². The molecule has 1 aromatic rings. The number of hydrogen-bond acceptors (Lipinski definition) is 4. The third-order valence-electron chi connectivity index (χ3n) is 5.82. The number of piperazine rings is 1. The van der Waals surface area contributed by atoms with Gasteiger partial charge in [-0.25, -0.2) is 0 Å². The molecule has 1 saturated carbocycles. The van der Waals surface area contributed by atoms with Gasteiger partial charge < -0.3 is 10.2 Å². The molecule has 1 amide bonds. The molecule has 0 unspecified atom stereocenters. The third kappa shape index (κ3) is 5.53. The number of nitrogens with one attached hydrogen (secondary N) is 1. The fraction of sp³-hybridized carbons (Fsp3) is 0.650. The molecule has 1 aromatic carbocycles. The van der Waals surface area contributed by atoms with Crippen LogP contribution in [0.4, 0.5) is 5.69 Å². The van der Waals surface area contributed by atoms with Crippen LogP contribution in [-0.2, 0) is 15.0 Å². The molecule has 0 aromatic heterocycles. The van der Waals surface area contributed by atoms with Crippen molar-refractivity contribution in [3.05, 3.63) is 30.3 Å². The van der Waals surface area contributed by atoms with E-state index in [2.05, 4.69) is 10.2 Å². The van der Waals surface area contributed by atoms with Crippen molar-refractivity contribution in [3.63, 3.8) is 0 Å². The van der Waals surface area contributed by atoms with Gasteiger partial charge in [0.2, 0.25) is 5.91 Å². The lowest BCUT2D eigenvalue weighted by Crippen LogP contribution is -2.54. The first-order chi connectivity index (χ1) is 13.5. The molecule has 3 rings (SSSR count). The summed E-state index contributed by atoms with van der Waals surface area (Å²) in [5, 5.41) is 2.89. The number of benzene rings is 1. The van der Waals surface area contributed by atoms with Crippen molar-refractivity contribution in [1.82, 2.24) is 13.5 Å². The first kappa shape index (κ1) is 21.2. The summed E-state index contributed by atoms with van der Waals surface area (Å²) >= 11 is 0. The summed E-state index contributed by atoms with van der Waals surface area (Å²) in [6.07, 6.45) is 5.77. The first-order valence-electron chi connectivity index (χ1n) is 10.3. The second-order valence-corrected chi connectivity index (χ2v) is 9.71. The van der Waals surface area contributed by atoms with E-state index in [1.165, 1.54) is 6.42 Å². The van der Waals surface area contributed by atoms with Gasteiger partial charge in [0, 0.05) is 57.9 Å². The van der Waals surface area contributed by atoms with Gasteiger partial charge in [-0.1, -0.05) is 37.5 Å². The lowest BCUT2D eigenvalue weighted by Gasteiger charge is -2.38. The summed E-state index contributed by atoms with van der Waals surface area (Å²) in [6, 6.07) is 9.56. The van der Waals surface area contributed by atoms with Crippen molar-refractivity contribution in [2.75, 3.05) is 45.1 Å². The van der Waals surface area contributed by atoms with Crippen LogP contribution in [0.5, 0.6) is 0 Å². The van der Waals surface area contributed by atoms with Crippen LogP contribution < -0.4 is 5.32 Å². The lowest BCUT2D eigenvalue weighted by molar-refractivity contribution is -0.116. The van der Waals surface area contributed by atoms with Gasteiger partial charge in [-0.3, -0.25) is 4.79 Å². The Balaban J connectivity index is 1.43. The molecule has 0 atom stereocenters. The average Bonchev–Trinajstić information content (AvgIpc) is 2.73. The molecular formula is C20H32N4O3S. The van der Waals surface area contributed by atoms with E-state index in [9.17, 15) is 13.2 Å². The summed E-state index contributed by atoms with van der Waals surface area (Å²) < 4.78 is 29.1. The minimum absolute atomic E-state index is 0.0155. The Hall–Kier alpha value is -1.48. The van der Waals surface area contributed by atoms with Crippen LogP contribution >= 0.6 is 0 Å². The van der Waals surface area contributed by atoms with Crippen LogP contribution in [0.25, 0.3) is 0 Å². The highest BCUT2D eigenvalue weighted by molar-refractivity contribution is 7.86. The number of para-hydroxylation sites is 1. The van der Waals surface area contributed by atoms with Gasteiger partial charge in [0.25, 0.3) is 10.2 Å². The topological polar surface area (TPSA) is 73.0 Å². The van der Waals surface area contributed by atoms with Crippen LogP contribution in [0.3, 0.4) is 0 Å². The Kier molecular flexibility index (Phi) is 7.45. The molecule has 1 saturated heterocycles. The largest absolute Gasteiger partial charge is 0.326 e. The predicted molar refractivity (Wildman–Crippen MR) is 111 cm³/mol. The number of anilines is 1. The van der Waals surface area contributed by atoms with Gasteiger partial charge in [-0.2, -0.15) is 17.0 Å². The second kappa shape index (κ2) is 9.82. The van der Waals surface area contributed by atoms with E-state index in [1.807, 2.05) is 30.3 Å². The van der Waals surface area contributed by atoms with Crippen LogP contribution in [-0.4, -0.2) is 73.6 Å². The average molecular weight is 409 g/mol. The molecule has 7 nitrogen and oxygen atoms in total. The SMILES string of the molecule is CN(C1CCCCC1)S(=O)(=O)N1CCN(CCC(=O)Nc2ccccc2)CC1. The highest BCUT2D eigenvalue weighted by atomic mass is 32.2.